The Kier molecular flexibility index (Phi) is 5.32. The van der Waals surface area contributed by atoms with Gasteiger partial charge in [-0.1, -0.05) is 26.7 Å². The lowest BCUT2D eigenvalue weighted by atomic mass is 9.88. The molecule has 0 heterocycles. The van der Waals surface area contributed by atoms with Gasteiger partial charge in [-0.2, -0.15) is 12.6 Å². The van der Waals surface area contributed by atoms with Crippen LogP contribution >= 0.6 is 12.6 Å². The topological polar surface area (TPSA) is 3.24 Å². The van der Waals surface area contributed by atoms with Gasteiger partial charge >= 0.3 is 0 Å². The van der Waals surface area contributed by atoms with E-state index in [1.54, 1.807) is 0 Å². The standard InChI is InChI=1S/C12H25NS/c1-3-9-13(4-2)10-12(11-14)7-5-6-8-12/h14H,3-11H2,1-2H3. The maximum atomic E-state index is 4.56. The molecule has 1 fully saturated rings. The minimum atomic E-state index is 0.550. The van der Waals surface area contributed by atoms with Crippen LogP contribution in [0.15, 0.2) is 0 Å². The minimum absolute atomic E-state index is 0.550. The molecular formula is C12H25NS. The van der Waals surface area contributed by atoms with Crippen molar-refractivity contribution in [1.82, 2.24) is 4.90 Å². The van der Waals surface area contributed by atoms with E-state index in [4.69, 9.17) is 0 Å². The molecule has 0 atom stereocenters. The fourth-order valence-corrected chi connectivity index (χ4v) is 3.05. The first kappa shape index (κ1) is 12.4. The molecule has 0 aliphatic heterocycles. The summed E-state index contributed by atoms with van der Waals surface area (Å²) in [5.74, 6) is 1.08. The summed E-state index contributed by atoms with van der Waals surface area (Å²) in [7, 11) is 0. The van der Waals surface area contributed by atoms with Crippen molar-refractivity contribution in [3.63, 3.8) is 0 Å². The van der Waals surface area contributed by atoms with Crippen molar-refractivity contribution in [2.75, 3.05) is 25.4 Å². The van der Waals surface area contributed by atoms with Gasteiger partial charge in [-0.25, -0.2) is 0 Å². The Hall–Kier alpha value is 0.310. The molecule has 1 nitrogen and oxygen atoms in total. The second-order valence-electron chi connectivity index (χ2n) is 4.73. The van der Waals surface area contributed by atoms with E-state index in [0.29, 0.717) is 5.41 Å². The smallest absolute Gasteiger partial charge is 0.00457 e. The largest absolute Gasteiger partial charge is 0.303 e. The highest BCUT2D eigenvalue weighted by atomic mass is 32.1. The average molecular weight is 215 g/mol. The molecule has 0 aromatic rings. The van der Waals surface area contributed by atoms with Gasteiger partial charge in [0.15, 0.2) is 0 Å². The Morgan fingerprint density at radius 2 is 1.86 bits per heavy atom. The van der Waals surface area contributed by atoms with Crippen LogP contribution in [0.2, 0.25) is 0 Å². The van der Waals surface area contributed by atoms with E-state index in [-0.39, 0.29) is 0 Å². The number of thiol groups is 1. The van der Waals surface area contributed by atoms with Crippen LogP contribution in [0, 0.1) is 5.41 Å². The summed E-state index contributed by atoms with van der Waals surface area (Å²) in [4.78, 5) is 2.60. The van der Waals surface area contributed by atoms with Gasteiger partial charge in [0.05, 0.1) is 0 Å². The van der Waals surface area contributed by atoms with Crippen molar-refractivity contribution in [3.8, 4) is 0 Å². The first-order valence-electron chi connectivity index (χ1n) is 6.09. The van der Waals surface area contributed by atoms with Crippen LogP contribution in [0.4, 0.5) is 0 Å². The normalized spacial score (nSPS) is 20.6. The van der Waals surface area contributed by atoms with Gasteiger partial charge in [0.2, 0.25) is 0 Å². The van der Waals surface area contributed by atoms with Crippen molar-refractivity contribution in [2.45, 2.75) is 46.0 Å². The molecule has 84 valence electrons. The molecule has 0 amide bonds. The number of hydrogen-bond donors (Lipinski definition) is 1. The lowest BCUT2D eigenvalue weighted by molar-refractivity contribution is 0.178. The Labute approximate surface area is 94.7 Å². The van der Waals surface area contributed by atoms with Crippen molar-refractivity contribution in [1.29, 1.82) is 0 Å². The molecule has 0 bridgehead atoms. The van der Waals surface area contributed by atoms with Gasteiger partial charge in [0.25, 0.3) is 0 Å². The zero-order chi connectivity index (χ0) is 10.4. The van der Waals surface area contributed by atoms with E-state index in [1.165, 1.54) is 51.7 Å². The summed E-state index contributed by atoms with van der Waals surface area (Å²) in [6.07, 6.45) is 6.92. The SMILES string of the molecule is CCCN(CC)CC1(CS)CCCC1. The van der Waals surface area contributed by atoms with E-state index >= 15 is 0 Å². The second kappa shape index (κ2) is 6.02. The van der Waals surface area contributed by atoms with Gasteiger partial charge < -0.3 is 4.90 Å². The van der Waals surface area contributed by atoms with Gasteiger partial charge in [-0.15, -0.1) is 0 Å². The molecule has 0 aromatic carbocycles. The third kappa shape index (κ3) is 3.16. The molecule has 0 radical (unpaired) electrons. The third-order valence-corrected chi connectivity index (χ3v) is 4.22. The van der Waals surface area contributed by atoms with Crippen LogP contribution in [0.3, 0.4) is 0 Å². The fourth-order valence-electron chi connectivity index (χ4n) is 2.63. The Morgan fingerprint density at radius 1 is 1.21 bits per heavy atom. The number of rotatable bonds is 6. The van der Waals surface area contributed by atoms with E-state index in [9.17, 15) is 0 Å². The van der Waals surface area contributed by atoms with Crippen LogP contribution in [-0.4, -0.2) is 30.3 Å². The third-order valence-electron chi connectivity index (χ3n) is 3.55. The van der Waals surface area contributed by atoms with Crippen LogP contribution in [0.25, 0.3) is 0 Å². The highest BCUT2D eigenvalue weighted by Crippen LogP contribution is 2.39. The molecule has 1 aliphatic rings. The molecular weight excluding hydrogens is 190 g/mol. The number of nitrogens with zero attached hydrogens (tertiary/aromatic N) is 1. The summed E-state index contributed by atoms with van der Waals surface area (Å²) >= 11 is 4.56. The van der Waals surface area contributed by atoms with Crippen molar-refractivity contribution >= 4 is 12.6 Å². The van der Waals surface area contributed by atoms with Gasteiger partial charge in [-0.05, 0) is 43.5 Å². The minimum Gasteiger partial charge on any atom is -0.303 e. The molecule has 0 N–H and O–H groups in total. The van der Waals surface area contributed by atoms with Gasteiger partial charge in [0, 0.05) is 6.54 Å². The predicted octanol–water partition coefficient (Wildman–Crippen LogP) is 3.21. The quantitative estimate of drug-likeness (QED) is 0.666. The zero-order valence-electron chi connectivity index (χ0n) is 9.76. The second-order valence-corrected chi connectivity index (χ2v) is 5.05. The first-order chi connectivity index (χ1) is 6.76. The molecule has 1 rings (SSSR count). The molecule has 1 saturated carbocycles. The van der Waals surface area contributed by atoms with Gasteiger partial charge in [0.1, 0.15) is 0 Å². The van der Waals surface area contributed by atoms with Crippen molar-refractivity contribution in [3.05, 3.63) is 0 Å². The van der Waals surface area contributed by atoms with Crippen molar-refractivity contribution in [2.24, 2.45) is 5.41 Å². The highest BCUT2D eigenvalue weighted by molar-refractivity contribution is 7.80. The Morgan fingerprint density at radius 3 is 2.29 bits per heavy atom. The van der Waals surface area contributed by atoms with Gasteiger partial charge in [-0.3, -0.25) is 0 Å². The van der Waals surface area contributed by atoms with E-state index in [2.05, 4.69) is 31.4 Å². The summed E-state index contributed by atoms with van der Waals surface area (Å²) in [6.45, 7) is 8.28. The molecule has 0 unspecified atom stereocenters. The van der Waals surface area contributed by atoms with Crippen LogP contribution in [0.1, 0.15) is 46.0 Å². The maximum absolute atomic E-state index is 4.56. The van der Waals surface area contributed by atoms with E-state index in [0.717, 1.165) is 5.75 Å². The van der Waals surface area contributed by atoms with E-state index in [1.807, 2.05) is 0 Å². The first-order valence-corrected chi connectivity index (χ1v) is 6.73. The van der Waals surface area contributed by atoms with Crippen LogP contribution in [-0.2, 0) is 0 Å². The molecule has 0 saturated heterocycles. The van der Waals surface area contributed by atoms with Crippen LogP contribution < -0.4 is 0 Å². The van der Waals surface area contributed by atoms with Crippen LogP contribution in [0.5, 0.6) is 0 Å². The summed E-state index contributed by atoms with van der Waals surface area (Å²) in [5.41, 5.74) is 0.550. The summed E-state index contributed by atoms with van der Waals surface area (Å²) in [6, 6.07) is 0. The van der Waals surface area contributed by atoms with E-state index < -0.39 is 0 Å². The summed E-state index contributed by atoms with van der Waals surface area (Å²) < 4.78 is 0. The average Bonchev–Trinajstić information content (AvgIpc) is 2.66. The molecule has 0 aromatic heterocycles. The number of hydrogen-bond acceptors (Lipinski definition) is 2. The fraction of sp³-hybridized carbons (Fsp3) is 1.00. The lowest BCUT2D eigenvalue weighted by Gasteiger charge is -2.33. The highest BCUT2D eigenvalue weighted by Gasteiger charge is 2.33. The van der Waals surface area contributed by atoms with Crippen molar-refractivity contribution < 1.29 is 0 Å². The molecule has 0 spiro atoms. The Balaban J connectivity index is 2.44. The molecule has 14 heavy (non-hydrogen) atoms. The molecule has 2 heteroatoms. The predicted molar refractivity (Wildman–Crippen MR) is 67.2 cm³/mol. The summed E-state index contributed by atoms with van der Waals surface area (Å²) in [5, 5.41) is 0. The lowest BCUT2D eigenvalue weighted by Crippen LogP contribution is -2.37. The maximum Gasteiger partial charge on any atom is 0.00457 e. The zero-order valence-corrected chi connectivity index (χ0v) is 10.7. The molecule has 1 aliphatic carbocycles. The Bertz CT molecular complexity index is 152. The monoisotopic (exact) mass is 215 g/mol.